The van der Waals surface area contributed by atoms with E-state index >= 15 is 0 Å². The summed E-state index contributed by atoms with van der Waals surface area (Å²) in [6.45, 7) is 5.44. The summed E-state index contributed by atoms with van der Waals surface area (Å²) in [4.78, 5) is 23.8. The summed E-state index contributed by atoms with van der Waals surface area (Å²) in [6, 6.07) is 13.1. The molecule has 0 unspecified atom stereocenters. The van der Waals surface area contributed by atoms with Gasteiger partial charge in [0.05, 0.1) is 10.9 Å². The van der Waals surface area contributed by atoms with Gasteiger partial charge in [-0.05, 0) is 66.5 Å². The molecule has 2 aromatic rings. The Labute approximate surface area is 167 Å². The maximum Gasteiger partial charge on any atom is 0.277 e. The maximum absolute atomic E-state index is 12.0. The Bertz CT molecular complexity index is 848. The molecule has 0 fully saturated rings. The van der Waals surface area contributed by atoms with Gasteiger partial charge in [0, 0.05) is 11.4 Å². The number of hydrogen-bond donors (Lipinski definition) is 2. The fraction of sp³-hybridized carbons (Fsp3) is 0.250. The van der Waals surface area contributed by atoms with Gasteiger partial charge in [-0.25, -0.2) is 5.43 Å². The third kappa shape index (κ3) is 7.22. The molecular weight excluding hydrogens is 410 g/mol. The van der Waals surface area contributed by atoms with E-state index in [1.807, 2.05) is 50.2 Å². The Hall–Kier alpha value is -2.67. The van der Waals surface area contributed by atoms with Crippen LogP contribution < -0.4 is 15.5 Å². The van der Waals surface area contributed by atoms with Crippen molar-refractivity contribution >= 4 is 39.1 Å². The molecule has 0 bridgehead atoms. The zero-order valence-electron chi connectivity index (χ0n) is 15.5. The minimum absolute atomic E-state index is 0.0819. The summed E-state index contributed by atoms with van der Waals surface area (Å²) >= 11 is 3.39. The second-order valence-corrected chi connectivity index (χ2v) is 7.05. The molecule has 0 atom stereocenters. The molecule has 6 nitrogen and oxygen atoms in total. The van der Waals surface area contributed by atoms with Gasteiger partial charge in [-0.1, -0.05) is 23.8 Å². The molecule has 0 saturated carbocycles. The second kappa shape index (κ2) is 9.87. The SMILES string of the molecule is C/C(CC(=O)Nc1ccc(C)cc1)=N/NC(=O)COc1ccc(C)cc1Br. The predicted molar refractivity (Wildman–Crippen MR) is 110 cm³/mol. The molecule has 0 saturated heterocycles. The normalized spacial score (nSPS) is 11.0. The molecule has 0 aromatic heterocycles. The Kier molecular flexibility index (Phi) is 7.55. The number of ether oxygens (including phenoxy) is 1. The van der Waals surface area contributed by atoms with Crippen LogP contribution >= 0.6 is 15.9 Å². The Morgan fingerprint density at radius 1 is 1.04 bits per heavy atom. The standard InChI is InChI=1S/C20H22BrN3O3/c1-13-4-7-16(8-5-13)22-19(25)11-15(3)23-24-20(26)12-27-18-9-6-14(2)10-17(18)21/h4-10H,11-12H2,1-3H3,(H,22,25)(H,24,26)/b23-15-. The van der Waals surface area contributed by atoms with Crippen LogP contribution in [0, 0.1) is 13.8 Å². The predicted octanol–water partition coefficient (Wildman–Crippen LogP) is 3.97. The average molecular weight is 432 g/mol. The van der Waals surface area contributed by atoms with E-state index in [-0.39, 0.29) is 18.9 Å². The van der Waals surface area contributed by atoms with Crippen LogP contribution in [0.1, 0.15) is 24.5 Å². The highest BCUT2D eigenvalue weighted by molar-refractivity contribution is 9.10. The quantitative estimate of drug-likeness (QED) is 0.514. The van der Waals surface area contributed by atoms with Gasteiger partial charge in [-0.2, -0.15) is 5.10 Å². The van der Waals surface area contributed by atoms with Crippen molar-refractivity contribution in [1.82, 2.24) is 5.43 Å². The van der Waals surface area contributed by atoms with Crippen LogP contribution in [-0.2, 0) is 9.59 Å². The molecule has 2 N–H and O–H groups in total. The molecule has 142 valence electrons. The van der Waals surface area contributed by atoms with E-state index in [4.69, 9.17) is 4.74 Å². The van der Waals surface area contributed by atoms with Crippen LogP contribution in [0.4, 0.5) is 5.69 Å². The summed E-state index contributed by atoms with van der Waals surface area (Å²) in [5, 5.41) is 6.72. The summed E-state index contributed by atoms with van der Waals surface area (Å²) in [5.41, 5.74) is 5.81. The first-order valence-corrected chi connectivity index (χ1v) is 9.20. The number of carbonyl (C=O) groups is 2. The molecule has 0 heterocycles. The maximum atomic E-state index is 12.0. The number of benzene rings is 2. The summed E-state index contributed by atoms with van der Waals surface area (Å²) < 4.78 is 6.23. The van der Waals surface area contributed by atoms with E-state index in [1.165, 1.54) is 0 Å². The Morgan fingerprint density at radius 2 is 1.70 bits per heavy atom. The molecule has 2 amide bonds. The smallest absolute Gasteiger partial charge is 0.277 e. The first kappa shape index (κ1) is 20.6. The minimum Gasteiger partial charge on any atom is -0.483 e. The van der Waals surface area contributed by atoms with E-state index in [9.17, 15) is 9.59 Å². The number of nitrogens with one attached hydrogen (secondary N) is 2. The highest BCUT2D eigenvalue weighted by Gasteiger charge is 2.07. The number of hydrazone groups is 1. The summed E-state index contributed by atoms with van der Waals surface area (Å²) in [6.07, 6.45) is 0.0819. The average Bonchev–Trinajstić information content (AvgIpc) is 2.61. The molecule has 0 aliphatic heterocycles. The van der Waals surface area contributed by atoms with Crippen molar-refractivity contribution < 1.29 is 14.3 Å². The van der Waals surface area contributed by atoms with Crippen molar-refractivity contribution in [1.29, 1.82) is 0 Å². The van der Waals surface area contributed by atoms with E-state index < -0.39 is 5.91 Å². The van der Waals surface area contributed by atoms with Gasteiger partial charge in [-0.3, -0.25) is 9.59 Å². The number of rotatable bonds is 7. The monoisotopic (exact) mass is 431 g/mol. The van der Waals surface area contributed by atoms with Crippen LogP contribution in [0.2, 0.25) is 0 Å². The zero-order chi connectivity index (χ0) is 19.8. The number of hydrogen-bond acceptors (Lipinski definition) is 4. The summed E-state index contributed by atoms with van der Waals surface area (Å²) in [5.74, 6) is -0.0242. The van der Waals surface area contributed by atoms with Gasteiger partial charge in [0.1, 0.15) is 5.75 Å². The molecule has 0 aliphatic carbocycles. The van der Waals surface area contributed by atoms with E-state index in [2.05, 4.69) is 31.8 Å². The van der Waals surface area contributed by atoms with Crippen LogP contribution in [-0.4, -0.2) is 24.1 Å². The fourth-order valence-electron chi connectivity index (χ4n) is 2.17. The topological polar surface area (TPSA) is 79.8 Å². The van der Waals surface area contributed by atoms with Crippen molar-refractivity contribution in [3.05, 3.63) is 58.1 Å². The van der Waals surface area contributed by atoms with Gasteiger partial charge >= 0.3 is 0 Å². The lowest BCUT2D eigenvalue weighted by Crippen LogP contribution is -2.26. The third-order valence-electron chi connectivity index (χ3n) is 3.57. The van der Waals surface area contributed by atoms with Gasteiger partial charge in [0.25, 0.3) is 5.91 Å². The molecular formula is C20H22BrN3O3. The molecule has 27 heavy (non-hydrogen) atoms. The fourth-order valence-corrected chi connectivity index (χ4v) is 2.78. The molecule has 2 aromatic carbocycles. The molecule has 0 radical (unpaired) electrons. The van der Waals surface area contributed by atoms with Crippen LogP contribution in [0.3, 0.4) is 0 Å². The van der Waals surface area contributed by atoms with Gasteiger partial charge in [-0.15, -0.1) is 0 Å². The van der Waals surface area contributed by atoms with Gasteiger partial charge in [0.15, 0.2) is 6.61 Å². The molecule has 7 heteroatoms. The lowest BCUT2D eigenvalue weighted by Gasteiger charge is -2.08. The van der Waals surface area contributed by atoms with Crippen LogP contribution in [0.25, 0.3) is 0 Å². The number of anilines is 1. The highest BCUT2D eigenvalue weighted by Crippen LogP contribution is 2.25. The first-order chi connectivity index (χ1) is 12.8. The van der Waals surface area contributed by atoms with Crippen molar-refractivity contribution in [2.75, 3.05) is 11.9 Å². The number of carbonyl (C=O) groups excluding carboxylic acids is 2. The third-order valence-corrected chi connectivity index (χ3v) is 4.19. The van der Waals surface area contributed by atoms with Crippen molar-refractivity contribution in [3.8, 4) is 5.75 Å². The lowest BCUT2D eigenvalue weighted by molar-refractivity contribution is -0.123. The Balaban J connectivity index is 1.77. The van der Waals surface area contributed by atoms with Crippen LogP contribution in [0.15, 0.2) is 52.0 Å². The zero-order valence-corrected chi connectivity index (χ0v) is 17.1. The molecule has 0 spiro atoms. The first-order valence-electron chi connectivity index (χ1n) is 8.41. The van der Waals surface area contributed by atoms with Crippen molar-refractivity contribution in [3.63, 3.8) is 0 Å². The minimum atomic E-state index is -0.402. The summed E-state index contributed by atoms with van der Waals surface area (Å²) in [7, 11) is 0. The molecule has 2 rings (SSSR count). The number of amides is 2. The van der Waals surface area contributed by atoms with E-state index in [1.54, 1.807) is 13.0 Å². The molecule has 0 aliphatic rings. The number of halogens is 1. The number of aryl methyl sites for hydroxylation is 2. The van der Waals surface area contributed by atoms with E-state index in [0.717, 1.165) is 21.3 Å². The largest absolute Gasteiger partial charge is 0.483 e. The van der Waals surface area contributed by atoms with Gasteiger partial charge < -0.3 is 10.1 Å². The van der Waals surface area contributed by atoms with Crippen LogP contribution in [0.5, 0.6) is 5.75 Å². The Morgan fingerprint density at radius 3 is 2.37 bits per heavy atom. The second-order valence-electron chi connectivity index (χ2n) is 6.20. The van der Waals surface area contributed by atoms with Crippen molar-refractivity contribution in [2.45, 2.75) is 27.2 Å². The van der Waals surface area contributed by atoms with E-state index in [0.29, 0.717) is 11.5 Å². The number of nitrogens with zero attached hydrogens (tertiary/aromatic N) is 1. The van der Waals surface area contributed by atoms with Gasteiger partial charge in [0.2, 0.25) is 5.91 Å². The lowest BCUT2D eigenvalue weighted by atomic mass is 10.2. The van der Waals surface area contributed by atoms with Crippen molar-refractivity contribution in [2.24, 2.45) is 5.10 Å². The highest BCUT2D eigenvalue weighted by atomic mass is 79.9.